The van der Waals surface area contributed by atoms with E-state index in [0.29, 0.717) is 18.3 Å². The van der Waals surface area contributed by atoms with Crippen molar-refractivity contribution in [2.75, 3.05) is 26.8 Å². The molecular weight excluding hydrogens is 246 g/mol. The quantitative estimate of drug-likeness (QED) is 0.870. The molecule has 1 aliphatic rings. The SMILES string of the molecule is COC(C)c1noc(CN2CCCC(C)(CO)C2)n1. The molecule has 108 valence electrons. The zero-order valence-electron chi connectivity index (χ0n) is 11.9. The zero-order chi connectivity index (χ0) is 13.9. The van der Waals surface area contributed by atoms with Crippen LogP contribution in [0, 0.1) is 5.41 Å². The van der Waals surface area contributed by atoms with Crippen molar-refractivity contribution < 1.29 is 14.4 Å². The summed E-state index contributed by atoms with van der Waals surface area (Å²) >= 11 is 0. The van der Waals surface area contributed by atoms with Crippen molar-refractivity contribution in [3.63, 3.8) is 0 Å². The molecule has 0 aromatic carbocycles. The van der Waals surface area contributed by atoms with Crippen molar-refractivity contribution in [2.45, 2.75) is 39.3 Å². The lowest BCUT2D eigenvalue weighted by Gasteiger charge is -2.38. The van der Waals surface area contributed by atoms with Crippen LogP contribution in [0.4, 0.5) is 0 Å². The molecule has 1 fully saturated rings. The number of hydrogen-bond donors (Lipinski definition) is 1. The molecule has 0 saturated carbocycles. The smallest absolute Gasteiger partial charge is 0.240 e. The molecule has 1 saturated heterocycles. The van der Waals surface area contributed by atoms with Crippen LogP contribution in [-0.2, 0) is 11.3 Å². The third kappa shape index (κ3) is 3.52. The maximum absolute atomic E-state index is 9.45. The largest absolute Gasteiger partial charge is 0.396 e. The number of aliphatic hydroxyl groups is 1. The first kappa shape index (κ1) is 14.4. The van der Waals surface area contributed by atoms with Crippen LogP contribution in [-0.4, -0.2) is 47.0 Å². The average Bonchev–Trinajstić information content (AvgIpc) is 2.86. The Labute approximate surface area is 113 Å². The number of hydrogen-bond acceptors (Lipinski definition) is 6. The summed E-state index contributed by atoms with van der Waals surface area (Å²) < 4.78 is 10.4. The van der Waals surface area contributed by atoms with Gasteiger partial charge in [-0.15, -0.1) is 0 Å². The first-order valence-corrected chi connectivity index (χ1v) is 6.75. The summed E-state index contributed by atoms with van der Waals surface area (Å²) in [5.74, 6) is 1.19. The maximum atomic E-state index is 9.45. The number of nitrogens with zero attached hydrogens (tertiary/aromatic N) is 3. The molecule has 6 nitrogen and oxygen atoms in total. The third-order valence-corrected chi connectivity index (χ3v) is 3.80. The Morgan fingerprint density at radius 1 is 1.58 bits per heavy atom. The van der Waals surface area contributed by atoms with Gasteiger partial charge in [0.05, 0.1) is 6.54 Å². The highest BCUT2D eigenvalue weighted by Gasteiger charge is 2.31. The van der Waals surface area contributed by atoms with Crippen molar-refractivity contribution in [1.29, 1.82) is 0 Å². The summed E-state index contributed by atoms with van der Waals surface area (Å²) in [6.07, 6.45) is 2.00. The fourth-order valence-electron chi connectivity index (χ4n) is 2.49. The summed E-state index contributed by atoms with van der Waals surface area (Å²) in [6, 6.07) is 0. The lowest BCUT2D eigenvalue weighted by Crippen LogP contribution is -2.43. The minimum absolute atomic E-state index is 0.0130. The predicted molar refractivity (Wildman–Crippen MR) is 69.4 cm³/mol. The van der Waals surface area contributed by atoms with Gasteiger partial charge < -0.3 is 14.4 Å². The van der Waals surface area contributed by atoms with E-state index in [1.807, 2.05) is 6.92 Å². The monoisotopic (exact) mass is 269 g/mol. The van der Waals surface area contributed by atoms with E-state index in [0.717, 1.165) is 25.9 Å². The van der Waals surface area contributed by atoms with E-state index in [-0.39, 0.29) is 18.1 Å². The fraction of sp³-hybridized carbons (Fsp3) is 0.846. The highest BCUT2D eigenvalue weighted by molar-refractivity contribution is 4.91. The van der Waals surface area contributed by atoms with Crippen LogP contribution in [0.3, 0.4) is 0 Å². The van der Waals surface area contributed by atoms with Crippen LogP contribution < -0.4 is 0 Å². The number of likely N-dealkylation sites (tertiary alicyclic amines) is 1. The highest BCUT2D eigenvalue weighted by atomic mass is 16.5. The maximum Gasteiger partial charge on any atom is 0.240 e. The van der Waals surface area contributed by atoms with Crippen molar-refractivity contribution >= 4 is 0 Å². The second-order valence-electron chi connectivity index (χ2n) is 5.71. The first-order chi connectivity index (χ1) is 9.06. The highest BCUT2D eigenvalue weighted by Crippen LogP contribution is 2.29. The van der Waals surface area contributed by atoms with E-state index < -0.39 is 0 Å². The topological polar surface area (TPSA) is 71.6 Å². The van der Waals surface area contributed by atoms with Crippen molar-refractivity contribution in [2.24, 2.45) is 5.41 Å². The van der Waals surface area contributed by atoms with Gasteiger partial charge in [-0.2, -0.15) is 4.98 Å². The van der Waals surface area contributed by atoms with Crippen LogP contribution in [0.25, 0.3) is 0 Å². The van der Waals surface area contributed by atoms with Crippen LogP contribution in [0.15, 0.2) is 4.52 Å². The molecular formula is C13H23N3O3. The zero-order valence-corrected chi connectivity index (χ0v) is 11.9. The number of piperidine rings is 1. The van der Waals surface area contributed by atoms with E-state index >= 15 is 0 Å². The Kier molecular flexibility index (Phi) is 4.54. The summed E-state index contributed by atoms with van der Waals surface area (Å²) in [5, 5.41) is 13.4. The van der Waals surface area contributed by atoms with Gasteiger partial charge in [-0.25, -0.2) is 0 Å². The normalized spacial score (nSPS) is 26.5. The Hall–Kier alpha value is -0.980. The minimum atomic E-state index is -0.151. The predicted octanol–water partition coefficient (Wildman–Crippen LogP) is 1.37. The molecule has 0 amide bonds. The van der Waals surface area contributed by atoms with Gasteiger partial charge in [-0.3, -0.25) is 4.90 Å². The molecule has 1 aromatic heterocycles. The lowest BCUT2D eigenvalue weighted by molar-refractivity contribution is 0.0382. The molecule has 2 atom stereocenters. The molecule has 0 bridgehead atoms. The first-order valence-electron chi connectivity index (χ1n) is 6.75. The van der Waals surface area contributed by atoms with Crippen LogP contribution in [0.5, 0.6) is 0 Å². The fourth-order valence-corrected chi connectivity index (χ4v) is 2.49. The molecule has 1 N–H and O–H groups in total. The second kappa shape index (κ2) is 5.98. The molecule has 2 heterocycles. The Morgan fingerprint density at radius 3 is 3.05 bits per heavy atom. The molecule has 0 radical (unpaired) electrons. The van der Waals surface area contributed by atoms with Crippen LogP contribution in [0.1, 0.15) is 44.5 Å². The molecule has 6 heteroatoms. The van der Waals surface area contributed by atoms with Gasteiger partial charge in [-0.1, -0.05) is 12.1 Å². The van der Waals surface area contributed by atoms with E-state index in [9.17, 15) is 5.11 Å². The Bertz CT molecular complexity index is 410. The number of methoxy groups -OCH3 is 1. The number of ether oxygens (including phenoxy) is 1. The standard InChI is InChI=1S/C13H23N3O3/c1-10(18-3)12-14-11(19-15-12)7-16-6-4-5-13(2,8-16)9-17/h10,17H,4-9H2,1-3H3. The van der Waals surface area contributed by atoms with Crippen molar-refractivity contribution in [3.8, 4) is 0 Å². The summed E-state index contributed by atoms with van der Waals surface area (Å²) in [4.78, 5) is 6.60. The third-order valence-electron chi connectivity index (χ3n) is 3.80. The van der Waals surface area contributed by atoms with Gasteiger partial charge in [0.1, 0.15) is 6.10 Å². The van der Waals surface area contributed by atoms with E-state index in [4.69, 9.17) is 9.26 Å². The number of aromatic nitrogens is 2. The van der Waals surface area contributed by atoms with Gasteiger partial charge in [-0.05, 0) is 26.3 Å². The van der Waals surface area contributed by atoms with Gasteiger partial charge in [0, 0.05) is 25.7 Å². The molecule has 1 aromatic rings. The molecule has 0 spiro atoms. The average molecular weight is 269 g/mol. The van der Waals surface area contributed by atoms with E-state index in [1.54, 1.807) is 7.11 Å². The Morgan fingerprint density at radius 2 is 2.37 bits per heavy atom. The molecule has 0 aliphatic carbocycles. The van der Waals surface area contributed by atoms with Gasteiger partial charge in [0.25, 0.3) is 0 Å². The number of aliphatic hydroxyl groups excluding tert-OH is 1. The molecule has 2 rings (SSSR count). The van der Waals surface area contributed by atoms with Gasteiger partial charge in [0.2, 0.25) is 5.89 Å². The second-order valence-corrected chi connectivity index (χ2v) is 5.71. The number of rotatable bonds is 5. The summed E-state index contributed by atoms with van der Waals surface area (Å²) in [5.41, 5.74) is -0.0130. The molecule has 2 unspecified atom stereocenters. The van der Waals surface area contributed by atoms with E-state index in [1.165, 1.54) is 0 Å². The molecule has 1 aliphatic heterocycles. The van der Waals surface area contributed by atoms with Crippen molar-refractivity contribution in [3.05, 3.63) is 11.7 Å². The summed E-state index contributed by atoms with van der Waals surface area (Å²) in [7, 11) is 1.62. The molecule has 19 heavy (non-hydrogen) atoms. The van der Waals surface area contributed by atoms with Crippen molar-refractivity contribution in [1.82, 2.24) is 15.0 Å². The minimum Gasteiger partial charge on any atom is -0.396 e. The van der Waals surface area contributed by atoms with Crippen LogP contribution >= 0.6 is 0 Å². The lowest BCUT2D eigenvalue weighted by atomic mass is 9.83. The van der Waals surface area contributed by atoms with Gasteiger partial charge in [0.15, 0.2) is 5.82 Å². The van der Waals surface area contributed by atoms with Crippen LogP contribution in [0.2, 0.25) is 0 Å². The van der Waals surface area contributed by atoms with Gasteiger partial charge >= 0.3 is 0 Å². The van der Waals surface area contributed by atoms with E-state index in [2.05, 4.69) is 22.0 Å². The summed E-state index contributed by atoms with van der Waals surface area (Å²) in [6.45, 7) is 6.73. The Balaban J connectivity index is 1.95.